The highest BCUT2D eigenvalue weighted by Gasteiger charge is 2.51. The molecule has 7 nitrogen and oxygen atoms in total. The van der Waals surface area contributed by atoms with Gasteiger partial charge in [0, 0.05) is 0 Å². The van der Waals surface area contributed by atoms with Crippen LogP contribution in [-0.4, -0.2) is 55.9 Å². The van der Waals surface area contributed by atoms with Crippen molar-refractivity contribution in [2.75, 3.05) is 26.4 Å². The summed E-state index contributed by atoms with van der Waals surface area (Å²) in [5.41, 5.74) is 0.184. The van der Waals surface area contributed by atoms with Crippen LogP contribution < -0.4 is 15.5 Å². The second kappa shape index (κ2) is 8.08. The van der Waals surface area contributed by atoms with Crippen LogP contribution in [-0.2, 0) is 14.0 Å². The van der Waals surface area contributed by atoms with Crippen LogP contribution in [0.25, 0.3) is 0 Å². The second-order valence-electron chi connectivity index (χ2n) is 6.79. The average molecular weight is 351 g/mol. The molecule has 2 rings (SSSR count). The number of nitrogens with one attached hydrogen (secondary N) is 1. The summed E-state index contributed by atoms with van der Waals surface area (Å²) in [4.78, 5) is 11.2. The van der Waals surface area contributed by atoms with Crippen molar-refractivity contribution in [3.8, 4) is 5.75 Å². The van der Waals surface area contributed by atoms with Gasteiger partial charge in [-0.15, -0.1) is 0 Å². The van der Waals surface area contributed by atoms with Crippen LogP contribution in [0.2, 0.25) is 0 Å². The van der Waals surface area contributed by atoms with Crippen LogP contribution in [0.3, 0.4) is 0 Å². The maximum Gasteiger partial charge on any atom is 0.494 e. The van der Waals surface area contributed by atoms with Crippen molar-refractivity contribution in [3.63, 3.8) is 0 Å². The zero-order chi connectivity index (χ0) is 18.5. The van der Waals surface area contributed by atoms with Crippen LogP contribution in [0.5, 0.6) is 5.75 Å². The van der Waals surface area contributed by atoms with Crippen molar-refractivity contribution < 1.29 is 28.7 Å². The summed E-state index contributed by atoms with van der Waals surface area (Å²) in [6.45, 7) is 8.47. The lowest BCUT2D eigenvalue weighted by Gasteiger charge is -2.32. The topological polar surface area (TPSA) is 86.3 Å². The first-order valence-electron chi connectivity index (χ1n) is 8.35. The van der Waals surface area contributed by atoms with E-state index in [0.29, 0.717) is 18.9 Å². The Kier molecular flexibility index (Phi) is 6.32. The molecule has 0 atom stereocenters. The standard InChI is InChI=1S/C17H26BNO6/c1-16(2)17(3,4)25-18(24-16)13-5-7-14(8-6-13)22-11-9-19-15(21)23-12-10-20/h5-8,20H,9-12H2,1-4H3,(H,19,21). The van der Waals surface area contributed by atoms with Gasteiger partial charge in [0.15, 0.2) is 0 Å². The van der Waals surface area contributed by atoms with Crippen LogP contribution in [0.15, 0.2) is 24.3 Å². The third kappa shape index (κ3) is 5.10. The molecule has 1 aliphatic rings. The van der Waals surface area contributed by atoms with Gasteiger partial charge in [0.05, 0.1) is 24.4 Å². The fraction of sp³-hybridized carbons (Fsp3) is 0.588. The highest BCUT2D eigenvalue weighted by atomic mass is 16.7. The van der Waals surface area contributed by atoms with Gasteiger partial charge in [0.1, 0.15) is 19.0 Å². The molecule has 1 aromatic carbocycles. The lowest BCUT2D eigenvalue weighted by atomic mass is 9.79. The fourth-order valence-corrected chi connectivity index (χ4v) is 2.21. The van der Waals surface area contributed by atoms with Crippen molar-refractivity contribution in [2.24, 2.45) is 0 Å². The minimum atomic E-state index is -0.575. The number of aliphatic hydroxyl groups excluding tert-OH is 1. The Morgan fingerprint density at radius 2 is 1.72 bits per heavy atom. The molecule has 1 amide bonds. The predicted octanol–water partition coefficient (Wildman–Crippen LogP) is 1.08. The minimum absolute atomic E-state index is 0.0208. The van der Waals surface area contributed by atoms with Gasteiger partial charge in [0.2, 0.25) is 0 Å². The Hall–Kier alpha value is -1.77. The number of hydrogen-bond donors (Lipinski definition) is 2. The van der Waals surface area contributed by atoms with Crippen LogP contribution in [0.1, 0.15) is 27.7 Å². The summed E-state index contributed by atoms with van der Waals surface area (Å²) >= 11 is 0. The van der Waals surface area contributed by atoms with Crippen molar-refractivity contribution in [2.45, 2.75) is 38.9 Å². The molecule has 0 unspecified atom stereocenters. The highest BCUT2D eigenvalue weighted by Crippen LogP contribution is 2.36. The maximum absolute atomic E-state index is 11.2. The van der Waals surface area contributed by atoms with E-state index in [1.807, 2.05) is 52.0 Å². The number of carbonyl (C=O) groups excluding carboxylic acids is 1. The largest absolute Gasteiger partial charge is 0.494 e. The zero-order valence-electron chi connectivity index (χ0n) is 15.2. The van der Waals surface area contributed by atoms with Crippen LogP contribution in [0.4, 0.5) is 4.79 Å². The number of rotatable bonds is 7. The lowest BCUT2D eigenvalue weighted by Crippen LogP contribution is -2.41. The van der Waals surface area contributed by atoms with Gasteiger partial charge in [-0.2, -0.15) is 0 Å². The van der Waals surface area contributed by atoms with Gasteiger partial charge in [-0.05, 0) is 45.3 Å². The molecular formula is C17H26BNO6. The molecule has 138 valence electrons. The van der Waals surface area contributed by atoms with Crippen LogP contribution >= 0.6 is 0 Å². The molecule has 1 fully saturated rings. The molecule has 8 heteroatoms. The maximum atomic E-state index is 11.2. The average Bonchev–Trinajstić information content (AvgIpc) is 2.78. The molecule has 1 aliphatic heterocycles. The lowest BCUT2D eigenvalue weighted by molar-refractivity contribution is 0.00578. The van der Waals surface area contributed by atoms with Gasteiger partial charge >= 0.3 is 13.2 Å². The number of ether oxygens (including phenoxy) is 2. The highest BCUT2D eigenvalue weighted by molar-refractivity contribution is 6.62. The number of aliphatic hydroxyl groups is 1. The summed E-state index contributed by atoms with van der Waals surface area (Å²) in [6, 6.07) is 7.48. The summed E-state index contributed by atoms with van der Waals surface area (Å²) in [6.07, 6.45) is -0.575. The number of amides is 1. The van der Waals surface area contributed by atoms with Crippen molar-refractivity contribution >= 4 is 18.7 Å². The normalized spacial score (nSPS) is 18.0. The Balaban J connectivity index is 1.78. The van der Waals surface area contributed by atoms with E-state index >= 15 is 0 Å². The van der Waals surface area contributed by atoms with Gasteiger partial charge in [0.25, 0.3) is 0 Å². The van der Waals surface area contributed by atoms with Crippen molar-refractivity contribution in [1.82, 2.24) is 5.32 Å². The molecule has 0 radical (unpaired) electrons. The summed E-state index contributed by atoms with van der Waals surface area (Å²) in [5, 5.41) is 11.1. The van der Waals surface area contributed by atoms with Gasteiger partial charge in [-0.3, -0.25) is 0 Å². The molecule has 25 heavy (non-hydrogen) atoms. The van der Waals surface area contributed by atoms with Gasteiger partial charge in [-0.25, -0.2) is 4.79 Å². The van der Waals surface area contributed by atoms with E-state index < -0.39 is 13.2 Å². The number of benzene rings is 1. The van der Waals surface area contributed by atoms with Crippen LogP contribution in [0, 0.1) is 0 Å². The molecule has 2 N–H and O–H groups in total. The molecule has 0 aliphatic carbocycles. The third-order valence-electron chi connectivity index (χ3n) is 4.37. The molecule has 0 spiro atoms. The first kappa shape index (κ1) is 19.6. The van der Waals surface area contributed by atoms with Crippen molar-refractivity contribution in [1.29, 1.82) is 0 Å². The number of hydrogen-bond acceptors (Lipinski definition) is 6. The molecule has 1 aromatic rings. The minimum Gasteiger partial charge on any atom is -0.492 e. The molecule has 0 bridgehead atoms. The summed E-state index contributed by atoms with van der Waals surface area (Å²) in [5.74, 6) is 0.686. The SMILES string of the molecule is CC1(C)OB(c2ccc(OCCNC(=O)OCCO)cc2)OC1(C)C. The summed E-state index contributed by atoms with van der Waals surface area (Å²) in [7, 11) is -0.401. The smallest absolute Gasteiger partial charge is 0.492 e. The number of carbonyl (C=O) groups is 1. The van der Waals surface area contributed by atoms with E-state index in [2.05, 4.69) is 10.1 Å². The van der Waals surface area contributed by atoms with E-state index in [0.717, 1.165) is 5.46 Å². The number of alkyl carbamates (subject to hydrolysis) is 1. The first-order valence-corrected chi connectivity index (χ1v) is 8.35. The van der Waals surface area contributed by atoms with E-state index in [1.165, 1.54) is 0 Å². The summed E-state index contributed by atoms with van der Waals surface area (Å²) < 4.78 is 22.2. The van der Waals surface area contributed by atoms with Gasteiger partial charge in [-0.1, -0.05) is 12.1 Å². The Labute approximate surface area is 148 Å². The Morgan fingerprint density at radius 1 is 1.12 bits per heavy atom. The van der Waals surface area contributed by atoms with E-state index in [1.54, 1.807) is 0 Å². The van der Waals surface area contributed by atoms with E-state index in [-0.39, 0.29) is 24.4 Å². The zero-order valence-corrected chi connectivity index (χ0v) is 15.2. The van der Waals surface area contributed by atoms with E-state index in [9.17, 15) is 4.79 Å². The second-order valence-corrected chi connectivity index (χ2v) is 6.79. The molecular weight excluding hydrogens is 325 g/mol. The monoisotopic (exact) mass is 351 g/mol. The van der Waals surface area contributed by atoms with Gasteiger partial charge < -0.3 is 29.2 Å². The Morgan fingerprint density at radius 3 is 2.28 bits per heavy atom. The predicted molar refractivity (Wildman–Crippen MR) is 94.1 cm³/mol. The molecule has 1 heterocycles. The van der Waals surface area contributed by atoms with E-state index in [4.69, 9.17) is 19.2 Å². The quantitative estimate of drug-likeness (QED) is 0.565. The molecule has 1 saturated heterocycles. The fourth-order valence-electron chi connectivity index (χ4n) is 2.21. The molecule has 0 saturated carbocycles. The third-order valence-corrected chi connectivity index (χ3v) is 4.37. The first-order chi connectivity index (χ1) is 11.7. The molecule has 0 aromatic heterocycles. The Bertz CT molecular complexity index is 559. The van der Waals surface area contributed by atoms with Crippen molar-refractivity contribution in [3.05, 3.63) is 24.3 Å².